The SMILES string of the molecule is CCc1ccc(CC(=O)c2ccc(I)c(Cl)c2)s1. The molecule has 4 heteroatoms. The van der Waals surface area contributed by atoms with Crippen LogP contribution in [-0.4, -0.2) is 5.78 Å². The van der Waals surface area contributed by atoms with Crippen molar-refractivity contribution in [3.05, 3.63) is 54.2 Å². The summed E-state index contributed by atoms with van der Waals surface area (Å²) < 4.78 is 0.968. The Hall–Kier alpha value is -0.390. The normalized spacial score (nSPS) is 10.6. The molecule has 0 aliphatic carbocycles. The Labute approximate surface area is 129 Å². The summed E-state index contributed by atoms with van der Waals surface area (Å²) >= 11 is 9.89. The third-order valence-electron chi connectivity index (χ3n) is 2.64. The molecule has 0 fully saturated rings. The second-order valence-corrected chi connectivity index (χ2v) is 6.77. The lowest BCUT2D eigenvalue weighted by molar-refractivity contribution is 0.0994. The number of carbonyl (C=O) groups excluding carboxylic acids is 1. The van der Waals surface area contributed by atoms with E-state index in [0.29, 0.717) is 17.0 Å². The fourth-order valence-corrected chi connectivity index (χ4v) is 3.11. The van der Waals surface area contributed by atoms with E-state index in [1.54, 1.807) is 17.4 Å². The highest BCUT2D eigenvalue weighted by Crippen LogP contribution is 2.22. The lowest BCUT2D eigenvalue weighted by Crippen LogP contribution is -2.02. The fourth-order valence-electron chi connectivity index (χ4n) is 1.64. The van der Waals surface area contributed by atoms with Gasteiger partial charge in [-0.1, -0.05) is 24.6 Å². The summed E-state index contributed by atoms with van der Waals surface area (Å²) in [5.74, 6) is 0.123. The Morgan fingerprint density at radius 3 is 2.61 bits per heavy atom. The van der Waals surface area contributed by atoms with Crippen LogP contribution in [-0.2, 0) is 12.8 Å². The quantitative estimate of drug-likeness (QED) is 0.531. The van der Waals surface area contributed by atoms with E-state index in [9.17, 15) is 4.79 Å². The molecule has 0 unspecified atom stereocenters. The molecule has 0 aliphatic heterocycles. The number of rotatable bonds is 4. The first-order valence-corrected chi connectivity index (χ1v) is 7.93. The van der Waals surface area contributed by atoms with E-state index >= 15 is 0 Å². The van der Waals surface area contributed by atoms with Crippen molar-refractivity contribution in [2.45, 2.75) is 19.8 Å². The summed E-state index contributed by atoms with van der Waals surface area (Å²) in [5.41, 5.74) is 0.687. The maximum atomic E-state index is 12.1. The van der Waals surface area contributed by atoms with Crippen LogP contribution in [0.2, 0.25) is 5.02 Å². The van der Waals surface area contributed by atoms with Crippen molar-refractivity contribution in [2.24, 2.45) is 0 Å². The second-order valence-electron chi connectivity index (χ2n) is 3.95. The van der Waals surface area contributed by atoms with E-state index in [1.807, 2.05) is 18.2 Å². The molecular weight excluding hydrogens is 379 g/mol. The number of Topliss-reactive ketones (excluding diaryl/α,β-unsaturated/α-hetero) is 1. The van der Waals surface area contributed by atoms with E-state index < -0.39 is 0 Å². The number of benzene rings is 1. The molecule has 18 heavy (non-hydrogen) atoms. The third kappa shape index (κ3) is 3.33. The van der Waals surface area contributed by atoms with Crippen molar-refractivity contribution in [1.29, 1.82) is 0 Å². The van der Waals surface area contributed by atoms with Gasteiger partial charge >= 0.3 is 0 Å². The van der Waals surface area contributed by atoms with E-state index in [0.717, 1.165) is 14.9 Å². The summed E-state index contributed by atoms with van der Waals surface area (Å²) in [4.78, 5) is 14.6. The predicted octanol–water partition coefficient (Wildman–Crippen LogP) is 4.99. The topological polar surface area (TPSA) is 17.1 Å². The molecule has 0 saturated carbocycles. The lowest BCUT2D eigenvalue weighted by Gasteiger charge is -2.01. The summed E-state index contributed by atoms with van der Waals surface area (Å²) in [6.45, 7) is 2.12. The Kier molecular flexibility index (Phi) is 4.81. The van der Waals surface area contributed by atoms with Crippen molar-refractivity contribution in [1.82, 2.24) is 0 Å². The average molecular weight is 391 g/mol. The molecule has 2 rings (SSSR count). The number of thiophene rings is 1. The van der Waals surface area contributed by atoms with E-state index in [-0.39, 0.29) is 5.78 Å². The first kappa shape index (κ1) is 14.0. The highest BCUT2D eigenvalue weighted by Gasteiger charge is 2.10. The van der Waals surface area contributed by atoms with Crippen molar-refractivity contribution >= 4 is 51.3 Å². The van der Waals surface area contributed by atoms with Gasteiger partial charge in [-0.25, -0.2) is 0 Å². The molecule has 0 radical (unpaired) electrons. The van der Waals surface area contributed by atoms with Gasteiger partial charge in [-0.05, 0) is 53.3 Å². The zero-order valence-electron chi connectivity index (χ0n) is 9.87. The van der Waals surface area contributed by atoms with Crippen molar-refractivity contribution in [3.63, 3.8) is 0 Å². The molecule has 1 heterocycles. The van der Waals surface area contributed by atoms with Crippen LogP contribution in [0.3, 0.4) is 0 Å². The first-order chi connectivity index (χ1) is 8.60. The molecule has 1 aromatic heterocycles. The highest BCUT2D eigenvalue weighted by atomic mass is 127. The summed E-state index contributed by atoms with van der Waals surface area (Å²) in [7, 11) is 0. The third-order valence-corrected chi connectivity index (χ3v) is 5.44. The molecule has 94 valence electrons. The molecule has 0 atom stereocenters. The van der Waals surface area contributed by atoms with Gasteiger partial charge in [0.05, 0.1) is 5.02 Å². The van der Waals surface area contributed by atoms with Gasteiger partial charge in [-0.3, -0.25) is 4.79 Å². The maximum absolute atomic E-state index is 12.1. The van der Waals surface area contributed by atoms with Crippen LogP contribution in [0.4, 0.5) is 0 Å². The monoisotopic (exact) mass is 390 g/mol. The Balaban J connectivity index is 2.14. The van der Waals surface area contributed by atoms with Crippen LogP contribution in [0, 0.1) is 3.57 Å². The smallest absolute Gasteiger partial charge is 0.168 e. The van der Waals surface area contributed by atoms with Gasteiger partial charge < -0.3 is 0 Å². The summed E-state index contributed by atoms with van der Waals surface area (Å²) in [6, 6.07) is 9.59. The van der Waals surface area contributed by atoms with Gasteiger partial charge in [0.15, 0.2) is 5.78 Å². The maximum Gasteiger partial charge on any atom is 0.168 e. The van der Waals surface area contributed by atoms with E-state index in [2.05, 4.69) is 35.6 Å². The van der Waals surface area contributed by atoms with E-state index in [4.69, 9.17) is 11.6 Å². The molecule has 1 aromatic carbocycles. The number of ketones is 1. The minimum atomic E-state index is 0.123. The van der Waals surface area contributed by atoms with Gasteiger partial charge in [0.1, 0.15) is 0 Å². The van der Waals surface area contributed by atoms with Crippen molar-refractivity contribution < 1.29 is 4.79 Å². The molecule has 0 amide bonds. The van der Waals surface area contributed by atoms with Crippen molar-refractivity contribution in [2.75, 3.05) is 0 Å². The van der Waals surface area contributed by atoms with Crippen LogP contribution in [0.25, 0.3) is 0 Å². The van der Waals surface area contributed by atoms with Crippen LogP contribution >= 0.6 is 45.5 Å². The molecule has 0 aliphatic rings. The van der Waals surface area contributed by atoms with Gasteiger partial charge in [0, 0.05) is 25.3 Å². The fraction of sp³-hybridized carbons (Fsp3) is 0.214. The molecular formula is C14H12ClIOS. The van der Waals surface area contributed by atoms with Crippen LogP contribution in [0.1, 0.15) is 27.0 Å². The van der Waals surface area contributed by atoms with Gasteiger partial charge in [0.2, 0.25) is 0 Å². The standard InChI is InChI=1S/C14H12ClIOS/c1-2-10-4-5-11(18-10)8-14(17)9-3-6-13(16)12(15)7-9/h3-7H,2,8H2,1H3. The summed E-state index contributed by atoms with van der Waals surface area (Å²) in [6.07, 6.45) is 1.48. The van der Waals surface area contributed by atoms with Crippen LogP contribution in [0.5, 0.6) is 0 Å². The number of halogens is 2. The zero-order valence-corrected chi connectivity index (χ0v) is 13.6. The first-order valence-electron chi connectivity index (χ1n) is 5.66. The minimum absolute atomic E-state index is 0.123. The largest absolute Gasteiger partial charge is 0.294 e. The molecule has 0 N–H and O–H groups in total. The van der Waals surface area contributed by atoms with Gasteiger partial charge in [0.25, 0.3) is 0 Å². The Bertz CT molecular complexity index is 577. The Morgan fingerprint density at radius 1 is 1.28 bits per heavy atom. The number of aryl methyl sites for hydroxylation is 1. The predicted molar refractivity (Wildman–Crippen MR) is 85.9 cm³/mol. The van der Waals surface area contributed by atoms with E-state index in [1.165, 1.54) is 4.88 Å². The molecule has 1 nitrogen and oxygen atoms in total. The summed E-state index contributed by atoms with van der Waals surface area (Å²) in [5, 5.41) is 0.641. The average Bonchev–Trinajstić information content (AvgIpc) is 2.80. The van der Waals surface area contributed by atoms with Gasteiger partial charge in [-0.2, -0.15) is 0 Å². The molecule has 0 bridgehead atoms. The minimum Gasteiger partial charge on any atom is -0.294 e. The highest BCUT2D eigenvalue weighted by molar-refractivity contribution is 14.1. The van der Waals surface area contributed by atoms with Crippen molar-refractivity contribution in [3.8, 4) is 0 Å². The molecule has 2 aromatic rings. The number of hydrogen-bond acceptors (Lipinski definition) is 2. The van der Waals surface area contributed by atoms with Crippen LogP contribution in [0.15, 0.2) is 30.3 Å². The molecule has 0 spiro atoms. The zero-order chi connectivity index (χ0) is 13.1. The Morgan fingerprint density at radius 2 is 2.00 bits per heavy atom. The molecule has 0 saturated heterocycles. The van der Waals surface area contributed by atoms with Gasteiger partial charge in [-0.15, -0.1) is 11.3 Å². The second kappa shape index (κ2) is 6.17. The number of carbonyl (C=O) groups is 1. The lowest BCUT2D eigenvalue weighted by atomic mass is 10.1. The number of hydrogen-bond donors (Lipinski definition) is 0. The van der Waals surface area contributed by atoms with Crippen LogP contribution < -0.4 is 0 Å².